The van der Waals surface area contributed by atoms with Gasteiger partial charge >= 0.3 is 0 Å². The fraction of sp³-hybridized carbons (Fsp3) is 0.278. The minimum atomic E-state index is -1.18. The zero-order valence-electron chi connectivity index (χ0n) is 12.9. The van der Waals surface area contributed by atoms with Crippen LogP contribution in [-0.2, 0) is 0 Å². The number of rotatable bonds is 4. The number of β-amino-alcohol motifs (C(OH)–C–C–N with tert-alkyl or cyclic N) is 1. The maximum atomic E-state index is 13.3. The highest BCUT2D eigenvalue weighted by Gasteiger charge is 2.39. The SMILES string of the molecule is O=C(c1cc(F)cc(F)c1)N1CCC(O)(COc2ccccc2)C1. The van der Waals surface area contributed by atoms with Crippen LogP contribution in [0.15, 0.2) is 48.5 Å². The quantitative estimate of drug-likeness (QED) is 0.936. The van der Waals surface area contributed by atoms with E-state index < -0.39 is 23.1 Å². The molecule has 1 atom stereocenters. The summed E-state index contributed by atoms with van der Waals surface area (Å²) in [6.45, 7) is 0.390. The average Bonchev–Trinajstić information content (AvgIpc) is 2.95. The Labute approximate surface area is 138 Å². The van der Waals surface area contributed by atoms with Gasteiger partial charge in [-0.3, -0.25) is 4.79 Å². The Hall–Kier alpha value is -2.47. The second kappa shape index (κ2) is 6.57. The second-order valence-electron chi connectivity index (χ2n) is 5.96. The van der Waals surface area contributed by atoms with Crippen LogP contribution in [0, 0.1) is 11.6 Å². The lowest BCUT2D eigenvalue weighted by Gasteiger charge is -2.23. The van der Waals surface area contributed by atoms with E-state index in [1.54, 1.807) is 12.1 Å². The first kappa shape index (κ1) is 16.4. The van der Waals surface area contributed by atoms with Gasteiger partial charge < -0.3 is 14.7 Å². The molecule has 126 valence electrons. The van der Waals surface area contributed by atoms with Gasteiger partial charge in [0.25, 0.3) is 5.91 Å². The summed E-state index contributed by atoms with van der Waals surface area (Å²) < 4.78 is 32.1. The van der Waals surface area contributed by atoms with Crippen LogP contribution >= 0.6 is 0 Å². The third kappa shape index (κ3) is 3.71. The number of ether oxygens (including phenoxy) is 1. The lowest BCUT2D eigenvalue weighted by Crippen LogP contribution is -2.40. The highest BCUT2D eigenvalue weighted by atomic mass is 19.1. The molecule has 4 nitrogen and oxygen atoms in total. The van der Waals surface area contributed by atoms with Gasteiger partial charge in [-0.25, -0.2) is 8.78 Å². The van der Waals surface area contributed by atoms with E-state index in [2.05, 4.69) is 0 Å². The number of carbonyl (C=O) groups is 1. The third-order valence-corrected chi connectivity index (χ3v) is 3.98. The highest BCUT2D eigenvalue weighted by Crippen LogP contribution is 2.25. The summed E-state index contributed by atoms with van der Waals surface area (Å²) in [5, 5.41) is 10.6. The van der Waals surface area contributed by atoms with E-state index in [0.29, 0.717) is 24.8 Å². The van der Waals surface area contributed by atoms with Gasteiger partial charge in [-0.15, -0.1) is 0 Å². The van der Waals surface area contributed by atoms with Crippen molar-refractivity contribution in [3.05, 3.63) is 65.7 Å². The van der Waals surface area contributed by atoms with Gasteiger partial charge in [0.15, 0.2) is 0 Å². The Morgan fingerprint density at radius 1 is 1.17 bits per heavy atom. The van der Waals surface area contributed by atoms with Crippen molar-refractivity contribution >= 4 is 5.91 Å². The second-order valence-corrected chi connectivity index (χ2v) is 5.96. The topological polar surface area (TPSA) is 49.8 Å². The Balaban J connectivity index is 1.64. The molecule has 1 saturated heterocycles. The molecule has 0 radical (unpaired) electrons. The third-order valence-electron chi connectivity index (χ3n) is 3.98. The Kier molecular flexibility index (Phi) is 4.49. The van der Waals surface area contributed by atoms with Crippen LogP contribution in [0.4, 0.5) is 8.78 Å². The summed E-state index contributed by atoms with van der Waals surface area (Å²) >= 11 is 0. The monoisotopic (exact) mass is 333 g/mol. The fourth-order valence-corrected chi connectivity index (χ4v) is 2.74. The lowest BCUT2D eigenvalue weighted by atomic mass is 10.1. The van der Waals surface area contributed by atoms with E-state index in [0.717, 1.165) is 12.1 Å². The Morgan fingerprint density at radius 2 is 1.83 bits per heavy atom. The number of halogens is 2. The average molecular weight is 333 g/mol. The van der Waals surface area contributed by atoms with E-state index in [9.17, 15) is 18.7 Å². The number of amides is 1. The lowest BCUT2D eigenvalue weighted by molar-refractivity contribution is 0.00430. The molecular weight excluding hydrogens is 316 g/mol. The summed E-state index contributed by atoms with van der Waals surface area (Å²) in [4.78, 5) is 13.7. The summed E-state index contributed by atoms with van der Waals surface area (Å²) in [7, 11) is 0. The van der Waals surface area contributed by atoms with Gasteiger partial charge in [0, 0.05) is 18.2 Å². The number of carbonyl (C=O) groups excluding carboxylic acids is 1. The van der Waals surface area contributed by atoms with Crippen molar-refractivity contribution in [1.82, 2.24) is 4.90 Å². The zero-order chi connectivity index (χ0) is 17.2. The van der Waals surface area contributed by atoms with Gasteiger partial charge in [0.1, 0.15) is 29.6 Å². The van der Waals surface area contributed by atoms with E-state index in [1.165, 1.54) is 4.90 Å². The summed E-state index contributed by atoms with van der Waals surface area (Å²) in [6.07, 6.45) is 0.337. The molecule has 3 rings (SSSR count). The first-order valence-electron chi connectivity index (χ1n) is 7.61. The number of hydrogen-bond donors (Lipinski definition) is 1. The summed E-state index contributed by atoms with van der Waals surface area (Å²) in [6, 6.07) is 11.7. The van der Waals surface area contributed by atoms with Gasteiger partial charge in [0.05, 0.1) is 6.54 Å². The highest BCUT2D eigenvalue weighted by molar-refractivity contribution is 5.94. The Morgan fingerprint density at radius 3 is 2.50 bits per heavy atom. The van der Waals surface area contributed by atoms with E-state index in [4.69, 9.17) is 4.74 Å². The minimum Gasteiger partial charge on any atom is -0.491 e. The van der Waals surface area contributed by atoms with Gasteiger partial charge in [-0.1, -0.05) is 18.2 Å². The molecule has 0 spiro atoms. The van der Waals surface area contributed by atoms with Crippen molar-refractivity contribution in [1.29, 1.82) is 0 Å². The molecule has 1 fully saturated rings. The normalized spacial score (nSPS) is 20.2. The smallest absolute Gasteiger partial charge is 0.254 e. The number of benzene rings is 2. The zero-order valence-corrected chi connectivity index (χ0v) is 12.9. The van der Waals surface area contributed by atoms with Crippen molar-refractivity contribution < 1.29 is 23.4 Å². The molecule has 1 aliphatic heterocycles. The fourth-order valence-electron chi connectivity index (χ4n) is 2.74. The molecule has 0 saturated carbocycles. The summed E-state index contributed by atoms with van der Waals surface area (Å²) in [5.41, 5.74) is -1.25. The molecule has 1 unspecified atom stereocenters. The van der Waals surface area contributed by atoms with Crippen molar-refractivity contribution in [2.75, 3.05) is 19.7 Å². The minimum absolute atomic E-state index is 0.0400. The van der Waals surface area contributed by atoms with Crippen molar-refractivity contribution in [3.63, 3.8) is 0 Å². The molecule has 6 heteroatoms. The van der Waals surface area contributed by atoms with Crippen LogP contribution in [0.3, 0.4) is 0 Å². The van der Waals surface area contributed by atoms with E-state index in [-0.39, 0.29) is 18.7 Å². The standard InChI is InChI=1S/C18H17F2NO3/c19-14-8-13(9-15(20)10-14)17(22)21-7-6-18(23,11-21)12-24-16-4-2-1-3-5-16/h1-5,8-10,23H,6-7,11-12H2. The molecule has 1 aliphatic rings. The van der Waals surface area contributed by atoms with Crippen molar-refractivity contribution in [2.45, 2.75) is 12.0 Å². The van der Waals surface area contributed by atoms with Crippen LogP contribution in [-0.4, -0.2) is 41.2 Å². The number of para-hydroxylation sites is 1. The molecule has 24 heavy (non-hydrogen) atoms. The molecule has 0 bridgehead atoms. The molecule has 2 aromatic rings. The predicted octanol–water partition coefficient (Wildman–Crippen LogP) is 2.62. The number of hydrogen-bond acceptors (Lipinski definition) is 3. The van der Waals surface area contributed by atoms with E-state index in [1.807, 2.05) is 18.2 Å². The van der Waals surface area contributed by atoms with Crippen molar-refractivity contribution in [2.24, 2.45) is 0 Å². The molecule has 0 aromatic heterocycles. The van der Waals surface area contributed by atoms with Crippen LogP contribution in [0.2, 0.25) is 0 Å². The first-order chi connectivity index (χ1) is 11.5. The Bertz CT molecular complexity index is 718. The molecule has 0 aliphatic carbocycles. The van der Waals surface area contributed by atoms with Crippen LogP contribution in [0.1, 0.15) is 16.8 Å². The van der Waals surface area contributed by atoms with Crippen LogP contribution < -0.4 is 4.74 Å². The van der Waals surface area contributed by atoms with Crippen LogP contribution in [0.5, 0.6) is 5.75 Å². The maximum absolute atomic E-state index is 13.3. The van der Waals surface area contributed by atoms with Crippen LogP contribution in [0.25, 0.3) is 0 Å². The maximum Gasteiger partial charge on any atom is 0.254 e. The largest absolute Gasteiger partial charge is 0.491 e. The number of nitrogens with zero attached hydrogens (tertiary/aromatic N) is 1. The summed E-state index contributed by atoms with van der Waals surface area (Å²) in [5.74, 6) is -1.49. The number of likely N-dealkylation sites (tertiary alicyclic amines) is 1. The predicted molar refractivity (Wildman–Crippen MR) is 83.8 cm³/mol. The molecule has 1 heterocycles. The van der Waals surface area contributed by atoms with Gasteiger partial charge in [-0.05, 0) is 30.7 Å². The first-order valence-corrected chi connectivity index (χ1v) is 7.61. The molecule has 2 aromatic carbocycles. The molecular formula is C18H17F2NO3. The molecule has 1 N–H and O–H groups in total. The van der Waals surface area contributed by atoms with E-state index >= 15 is 0 Å². The van der Waals surface area contributed by atoms with Gasteiger partial charge in [0.2, 0.25) is 0 Å². The number of aliphatic hydroxyl groups is 1. The van der Waals surface area contributed by atoms with Crippen molar-refractivity contribution in [3.8, 4) is 5.75 Å². The molecule has 1 amide bonds. The van der Waals surface area contributed by atoms with Gasteiger partial charge in [-0.2, -0.15) is 0 Å².